The normalized spacial score (nSPS) is 11.0. The van der Waals surface area contributed by atoms with Gasteiger partial charge in [0.25, 0.3) is 0 Å². The Morgan fingerprint density at radius 3 is 2.73 bits per heavy atom. The van der Waals surface area contributed by atoms with Crippen LogP contribution in [0.25, 0.3) is 0 Å². The molecule has 0 saturated carbocycles. The van der Waals surface area contributed by atoms with Gasteiger partial charge in [0, 0.05) is 39.1 Å². The smallest absolute Gasteiger partial charge is 0.194 e. The Labute approximate surface area is 172 Å². The second-order valence-electron chi connectivity index (χ2n) is 5.96. The quantitative estimate of drug-likeness (QED) is 0.370. The van der Waals surface area contributed by atoms with Gasteiger partial charge in [-0.1, -0.05) is 6.07 Å². The third kappa shape index (κ3) is 6.12. The summed E-state index contributed by atoms with van der Waals surface area (Å²) >= 11 is 0. The van der Waals surface area contributed by atoms with Crippen LogP contribution in [0.3, 0.4) is 0 Å². The zero-order chi connectivity index (χ0) is 18.2. The lowest BCUT2D eigenvalue weighted by Gasteiger charge is -2.22. The van der Waals surface area contributed by atoms with Gasteiger partial charge in [-0.05, 0) is 43.2 Å². The molecule has 0 aliphatic heterocycles. The molecule has 0 bridgehead atoms. The van der Waals surface area contributed by atoms with Gasteiger partial charge < -0.3 is 24.6 Å². The number of aliphatic imine (C=N–C) groups is 1. The Bertz CT molecular complexity index is 715. The van der Waals surface area contributed by atoms with Gasteiger partial charge in [-0.2, -0.15) is 0 Å². The van der Waals surface area contributed by atoms with E-state index in [0.717, 1.165) is 31.0 Å². The molecule has 6 nitrogen and oxygen atoms in total. The van der Waals surface area contributed by atoms with Crippen LogP contribution in [-0.4, -0.2) is 47.8 Å². The summed E-state index contributed by atoms with van der Waals surface area (Å²) in [4.78, 5) is 6.84. The van der Waals surface area contributed by atoms with E-state index in [4.69, 9.17) is 9.73 Å². The molecule has 0 atom stereocenters. The van der Waals surface area contributed by atoms with E-state index in [9.17, 15) is 5.11 Å². The van der Waals surface area contributed by atoms with Gasteiger partial charge in [-0.25, -0.2) is 0 Å². The predicted molar refractivity (Wildman–Crippen MR) is 117 cm³/mol. The van der Waals surface area contributed by atoms with Crippen LogP contribution in [0.1, 0.15) is 18.2 Å². The first-order valence-electron chi connectivity index (χ1n) is 8.50. The average molecular weight is 472 g/mol. The van der Waals surface area contributed by atoms with E-state index in [1.54, 1.807) is 13.2 Å². The number of nitrogens with zero attached hydrogens (tertiary/aromatic N) is 3. The second-order valence-corrected chi connectivity index (χ2v) is 5.96. The maximum Gasteiger partial charge on any atom is 0.194 e. The molecule has 1 aromatic carbocycles. The monoisotopic (exact) mass is 472 g/mol. The zero-order valence-corrected chi connectivity index (χ0v) is 18.2. The second kappa shape index (κ2) is 10.9. The van der Waals surface area contributed by atoms with Crippen molar-refractivity contribution in [1.82, 2.24) is 14.8 Å². The number of aromatic hydroxyl groups is 1. The van der Waals surface area contributed by atoms with Crippen molar-refractivity contribution in [1.29, 1.82) is 0 Å². The molecule has 2 aromatic rings. The van der Waals surface area contributed by atoms with Gasteiger partial charge in [0.2, 0.25) is 0 Å². The largest absolute Gasteiger partial charge is 0.504 e. The molecule has 0 amide bonds. The third-order valence-corrected chi connectivity index (χ3v) is 4.05. The summed E-state index contributed by atoms with van der Waals surface area (Å²) < 4.78 is 7.26. The van der Waals surface area contributed by atoms with Gasteiger partial charge >= 0.3 is 0 Å². The first kappa shape index (κ1) is 22.1. The molecule has 0 radical (unpaired) electrons. The molecule has 144 valence electrons. The Morgan fingerprint density at radius 2 is 2.12 bits per heavy atom. The molecule has 2 N–H and O–H groups in total. The average Bonchev–Trinajstić information content (AvgIpc) is 3.00. The van der Waals surface area contributed by atoms with Crippen molar-refractivity contribution in [3.63, 3.8) is 0 Å². The molecule has 0 saturated heterocycles. The highest BCUT2D eigenvalue weighted by Crippen LogP contribution is 2.26. The molecule has 1 heterocycles. The Balaban J connectivity index is 0.00000338. The van der Waals surface area contributed by atoms with Crippen LogP contribution in [0.5, 0.6) is 11.5 Å². The van der Waals surface area contributed by atoms with Gasteiger partial charge in [0.05, 0.1) is 13.7 Å². The fraction of sp³-hybridized carbons (Fsp3) is 0.421. The first-order chi connectivity index (χ1) is 12.0. The number of aryl methyl sites for hydroxylation is 1. The van der Waals surface area contributed by atoms with Crippen LogP contribution < -0.4 is 10.1 Å². The Kier molecular flexibility index (Phi) is 9.32. The summed E-state index contributed by atoms with van der Waals surface area (Å²) in [6, 6.07) is 9.57. The number of guanidine groups is 1. The summed E-state index contributed by atoms with van der Waals surface area (Å²) in [7, 11) is 5.64. The Hall–Kier alpha value is -1.90. The van der Waals surface area contributed by atoms with Crippen LogP contribution in [-0.2, 0) is 20.0 Å². The minimum absolute atomic E-state index is 0. The molecule has 0 aliphatic rings. The zero-order valence-electron chi connectivity index (χ0n) is 15.9. The van der Waals surface area contributed by atoms with E-state index in [-0.39, 0.29) is 29.7 Å². The minimum Gasteiger partial charge on any atom is -0.504 e. The highest BCUT2D eigenvalue weighted by Gasteiger charge is 2.08. The molecule has 0 aliphatic carbocycles. The van der Waals surface area contributed by atoms with E-state index in [1.807, 2.05) is 38.5 Å². The van der Waals surface area contributed by atoms with Crippen molar-refractivity contribution in [3.8, 4) is 11.5 Å². The van der Waals surface area contributed by atoms with Crippen LogP contribution >= 0.6 is 24.0 Å². The number of nitrogens with one attached hydrogen (secondary N) is 1. The van der Waals surface area contributed by atoms with Crippen molar-refractivity contribution in [2.45, 2.75) is 19.9 Å². The fourth-order valence-electron chi connectivity index (χ4n) is 2.62. The molecule has 7 heteroatoms. The maximum absolute atomic E-state index is 9.66. The van der Waals surface area contributed by atoms with Gasteiger partial charge in [-0.3, -0.25) is 4.99 Å². The van der Waals surface area contributed by atoms with Crippen LogP contribution in [0.15, 0.2) is 41.5 Å². The molecule has 0 unspecified atom stereocenters. The van der Waals surface area contributed by atoms with Gasteiger partial charge in [0.15, 0.2) is 17.5 Å². The van der Waals surface area contributed by atoms with Crippen molar-refractivity contribution >= 4 is 29.9 Å². The number of aromatic nitrogens is 1. The number of phenols is 1. The number of phenolic OH excluding ortho intramolecular Hbond substituents is 1. The molecule has 26 heavy (non-hydrogen) atoms. The minimum atomic E-state index is 0. The van der Waals surface area contributed by atoms with Gasteiger partial charge in [0.1, 0.15) is 0 Å². The van der Waals surface area contributed by atoms with Crippen LogP contribution in [0, 0.1) is 0 Å². The van der Waals surface area contributed by atoms with Crippen LogP contribution in [0.2, 0.25) is 0 Å². The van der Waals surface area contributed by atoms with Gasteiger partial charge in [-0.15, -0.1) is 24.0 Å². The maximum atomic E-state index is 9.66. The number of halogens is 1. The molecular weight excluding hydrogens is 443 g/mol. The SMILES string of the molecule is CCNC(=NCCc1ccc(O)c(OC)c1)N(C)Cc1cccn1C.I. The summed E-state index contributed by atoms with van der Waals surface area (Å²) in [5, 5.41) is 13.0. The van der Waals surface area contributed by atoms with E-state index < -0.39 is 0 Å². The molecule has 0 spiro atoms. The molecular formula is C19H29IN4O2. The Morgan fingerprint density at radius 1 is 1.35 bits per heavy atom. The van der Waals surface area contributed by atoms with E-state index in [1.165, 1.54) is 5.69 Å². The summed E-state index contributed by atoms with van der Waals surface area (Å²) in [6.45, 7) is 4.34. The van der Waals surface area contributed by atoms with E-state index in [2.05, 4.69) is 27.8 Å². The predicted octanol–water partition coefficient (Wildman–Crippen LogP) is 3.00. The summed E-state index contributed by atoms with van der Waals surface area (Å²) in [6.07, 6.45) is 2.83. The number of methoxy groups -OCH3 is 1. The number of hydrogen-bond acceptors (Lipinski definition) is 3. The highest BCUT2D eigenvalue weighted by molar-refractivity contribution is 14.0. The third-order valence-electron chi connectivity index (χ3n) is 4.05. The number of ether oxygens (including phenoxy) is 1. The van der Waals surface area contributed by atoms with E-state index in [0.29, 0.717) is 12.3 Å². The molecule has 2 rings (SSSR count). The van der Waals surface area contributed by atoms with Crippen molar-refractivity contribution in [2.75, 3.05) is 27.2 Å². The summed E-state index contributed by atoms with van der Waals surface area (Å²) in [5.41, 5.74) is 2.32. The van der Waals surface area contributed by atoms with E-state index >= 15 is 0 Å². The van der Waals surface area contributed by atoms with Crippen molar-refractivity contribution < 1.29 is 9.84 Å². The van der Waals surface area contributed by atoms with Crippen molar-refractivity contribution in [3.05, 3.63) is 47.8 Å². The molecule has 0 fully saturated rings. The van der Waals surface area contributed by atoms with Crippen LogP contribution in [0.4, 0.5) is 0 Å². The van der Waals surface area contributed by atoms with Crippen molar-refractivity contribution in [2.24, 2.45) is 12.0 Å². The summed E-state index contributed by atoms with van der Waals surface area (Å²) in [5.74, 6) is 1.54. The molecule has 1 aromatic heterocycles. The topological polar surface area (TPSA) is 62.0 Å². The lowest BCUT2D eigenvalue weighted by molar-refractivity contribution is 0.373. The first-order valence-corrected chi connectivity index (χ1v) is 8.50. The standard InChI is InChI=1S/C19H28N4O2.HI/c1-5-20-19(23(3)14-16-7-6-12-22(16)2)21-11-10-15-8-9-17(24)18(13-15)25-4;/h6-9,12-13,24H,5,10-11,14H2,1-4H3,(H,20,21);1H. The number of rotatable bonds is 7. The highest BCUT2D eigenvalue weighted by atomic mass is 127. The number of benzene rings is 1. The number of hydrogen-bond donors (Lipinski definition) is 2. The lowest BCUT2D eigenvalue weighted by atomic mass is 10.1. The fourth-order valence-corrected chi connectivity index (χ4v) is 2.62. The lowest BCUT2D eigenvalue weighted by Crippen LogP contribution is -2.39.